The van der Waals surface area contributed by atoms with Gasteiger partial charge in [0, 0.05) is 17.3 Å². The number of pyridine rings is 1. The summed E-state index contributed by atoms with van der Waals surface area (Å²) in [6.07, 6.45) is 4.30. The molecule has 0 atom stereocenters. The average Bonchev–Trinajstić information content (AvgIpc) is 3.67. The molecule has 2 N–H and O–H groups in total. The zero-order valence-corrected chi connectivity index (χ0v) is 22.0. The van der Waals surface area contributed by atoms with E-state index in [0.29, 0.717) is 33.9 Å². The number of nitrogens with one attached hydrogen (secondary N) is 1. The van der Waals surface area contributed by atoms with Crippen LogP contribution >= 0.6 is 22.9 Å². The van der Waals surface area contributed by atoms with E-state index in [0.717, 1.165) is 18.9 Å². The second-order valence-corrected chi connectivity index (χ2v) is 11.3. The van der Waals surface area contributed by atoms with Crippen LogP contribution in [0.5, 0.6) is 11.5 Å². The largest absolute Gasteiger partial charge is 0.504 e. The zero-order valence-electron chi connectivity index (χ0n) is 19.7. The Bertz CT molecular complexity index is 1670. The van der Waals surface area contributed by atoms with Crippen LogP contribution in [-0.4, -0.2) is 36.8 Å². The number of methoxy groups -OCH3 is 1. The number of para-hydroxylation sites is 1. The van der Waals surface area contributed by atoms with Gasteiger partial charge >= 0.3 is 0 Å². The number of thiazole rings is 1. The Morgan fingerprint density at radius 2 is 2.03 bits per heavy atom. The maximum absolute atomic E-state index is 14.6. The van der Waals surface area contributed by atoms with Crippen molar-refractivity contribution < 1.29 is 27.0 Å². The molecule has 38 heavy (non-hydrogen) atoms. The van der Waals surface area contributed by atoms with Gasteiger partial charge in [0.1, 0.15) is 11.5 Å². The number of anilines is 1. The molecule has 1 aliphatic carbocycles. The van der Waals surface area contributed by atoms with Gasteiger partial charge in [-0.1, -0.05) is 29.0 Å². The fourth-order valence-corrected chi connectivity index (χ4v) is 6.06. The summed E-state index contributed by atoms with van der Waals surface area (Å²) in [5.74, 6) is -0.462. The molecule has 1 aliphatic rings. The van der Waals surface area contributed by atoms with Crippen LogP contribution < -0.4 is 9.46 Å². The first kappa shape index (κ1) is 26.0. The van der Waals surface area contributed by atoms with E-state index in [9.17, 15) is 22.3 Å². The molecule has 2 aromatic carbocycles. The number of aromatic nitrogens is 2. The highest BCUT2D eigenvalue weighted by Gasteiger charge is 2.33. The van der Waals surface area contributed by atoms with E-state index in [1.807, 2.05) is 0 Å². The van der Waals surface area contributed by atoms with Crippen LogP contribution in [-0.2, 0) is 10.0 Å². The van der Waals surface area contributed by atoms with Gasteiger partial charge in [0.05, 0.1) is 24.0 Å². The lowest BCUT2D eigenvalue weighted by molar-refractivity contribution is 0.373. The van der Waals surface area contributed by atoms with E-state index in [2.05, 4.69) is 19.7 Å². The topological polar surface area (TPSA) is 114 Å². The lowest BCUT2D eigenvalue weighted by Gasteiger charge is -2.10. The number of halogens is 3. The quantitative estimate of drug-likeness (QED) is 0.239. The number of aromatic hydroxyl groups is 1. The van der Waals surface area contributed by atoms with Crippen molar-refractivity contribution in [3.63, 3.8) is 0 Å². The highest BCUT2D eigenvalue weighted by atomic mass is 35.5. The van der Waals surface area contributed by atoms with Crippen molar-refractivity contribution in [3.05, 3.63) is 75.8 Å². The molecule has 5 rings (SSSR count). The summed E-state index contributed by atoms with van der Waals surface area (Å²) in [5.41, 5.74) is 1.33. The van der Waals surface area contributed by atoms with Crippen molar-refractivity contribution in [2.75, 3.05) is 11.8 Å². The van der Waals surface area contributed by atoms with Crippen LogP contribution in [0.15, 0.2) is 58.7 Å². The Hall–Kier alpha value is -3.61. The Kier molecular flexibility index (Phi) is 7.03. The van der Waals surface area contributed by atoms with Crippen LogP contribution in [0.4, 0.5) is 19.6 Å². The summed E-state index contributed by atoms with van der Waals surface area (Å²) < 4.78 is 61.9. The number of rotatable bonds is 8. The van der Waals surface area contributed by atoms with Gasteiger partial charge in [-0.15, -0.1) is 0 Å². The third-order valence-electron chi connectivity index (χ3n) is 5.74. The minimum Gasteiger partial charge on any atom is -0.504 e. The van der Waals surface area contributed by atoms with Gasteiger partial charge in [0.25, 0.3) is 10.0 Å². The summed E-state index contributed by atoms with van der Waals surface area (Å²) >= 11 is 6.28. The van der Waals surface area contributed by atoms with Gasteiger partial charge < -0.3 is 9.84 Å². The molecule has 8 nitrogen and oxygen atoms in total. The zero-order chi connectivity index (χ0) is 27.0. The molecular formula is C25H19ClF2N4O4S2. The summed E-state index contributed by atoms with van der Waals surface area (Å²) in [5, 5.41) is 8.87. The number of hydrogen-bond acceptors (Lipinski definition) is 8. The lowest BCUT2D eigenvalue weighted by atomic mass is 10.2. The molecule has 13 heteroatoms. The molecular weight excluding hydrogens is 558 g/mol. The normalized spacial score (nSPS) is 13.7. The lowest BCUT2D eigenvalue weighted by Crippen LogP contribution is -2.16. The molecule has 0 saturated heterocycles. The van der Waals surface area contributed by atoms with Crippen molar-refractivity contribution in [2.45, 2.75) is 23.8 Å². The Morgan fingerprint density at radius 3 is 2.74 bits per heavy atom. The number of phenolic OH excluding ortho intramolecular Hbond substituents is 1. The number of sulfonamides is 1. The van der Waals surface area contributed by atoms with E-state index in [1.54, 1.807) is 24.3 Å². The smallest absolute Gasteiger partial charge is 0.281 e. The summed E-state index contributed by atoms with van der Waals surface area (Å²) in [6, 6.07) is 10.2. The third kappa shape index (κ3) is 5.33. The van der Waals surface area contributed by atoms with E-state index >= 15 is 0 Å². The minimum atomic E-state index is -4.22. The van der Waals surface area contributed by atoms with Gasteiger partial charge in [0.2, 0.25) is 5.13 Å². The fourth-order valence-electron chi connectivity index (χ4n) is 3.72. The van der Waals surface area contributed by atoms with Gasteiger partial charge in [0.15, 0.2) is 21.7 Å². The molecule has 2 heterocycles. The summed E-state index contributed by atoms with van der Waals surface area (Å²) in [7, 11) is -2.78. The van der Waals surface area contributed by atoms with Crippen LogP contribution in [0.2, 0.25) is 5.02 Å². The number of ether oxygens (including phenoxy) is 1. The van der Waals surface area contributed by atoms with Gasteiger partial charge in [-0.3, -0.25) is 9.71 Å². The molecule has 196 valence electrons. The number of benzene rings is 2. The monoisotopic (exact) mass is 576 g/mol. The molecule has 0 unspecified atom stereocenters. The molecule has 0 amide bonds. The van der Waals surface area contributed by atoms with E-state index < -0.39 is 21.0 Å². The first-order chi connectivity index (χ1) is 18.2. The Balaban J connectivity index is 1.42. The molecule has 0 radical (unpaired) electrons. The van der Waals surface area contributed by atoms with Crippen LogP contribution in [0.25, 0.3) is 11.3 Å². The highest BCUT2D eigenvalue weighted by Crippen LogP contribution is 2.44. The fraction of sp³-hybridized carbons (Fsp3) is 0.160. The second-order valence-electron chi connectivity index (χ2n) is 8.39. The van der Waals surface area contributed by atoms with Crippen molar-refractivity contribution >= 4 is 50.0 Å². The highest BCUT2D eigenvalue weighted by molar-refractivity contribution is 7.92. The second kappa shape index (κ2) is 10.3. The molecule has 2 aromatic heterocycles. The van der Waals surface area contributed by atoms with Crippen molar-refractivity contribution in [1.82, 2.24) is 9.97 Å². The summed E-state index contributed by atoms with van der Waals surface area (Å²) in [4.78, 5) is 12.5. The molecule has 0 aliphatic heterocycles. The number of hydrogen-bond donors (Lipinski definition) is 2. The van der Waals surface area contributed by atoms with Crippen LogP contribution in [0, 0.1) is 10.9 Å². The predicted molar refractivity (Wildman–Crippen MR) is 141 cm³/mol. The molecule has 0 spiro atoms. The average molecular weight is 577 g/mol. The number of aliphatic imine (C=N–C) groups is 1. The predicted octanol–water partition coefficient (Wildman–Crippen LogP) is 6.28. The Labute approximate surface area is 225 Å². The van der Waals surface area contributed by atoms with Crippen molar-refractivity contribution in [1.29, 1.82) is 0 Å². The standard InChI is InChI=1S/C25H19ClF2N4O4S2/c1-36-20-4-2-3-15(22(20)33)11-29-16-10-17(13-5-6-13)24(30-12-16)38(34,35)32-25-31-21(23(28)37-25)14-7-8-19(27)18(26)9-14/h2-4,7-13,33H,5-6H2,1H3,(H,31,32)/b29-11+. The number of nitrogens with zero attached hydrogens (tertiary/aromatic N) is 3. The third-order valence-corrected chi connectivity index (χ3v) is 8.23. The molecule has 1 fully saturated rings. The SMILES string of the molecule is COc1cccc(/C=N/c2cnc(S(=O)(=O)Nc3nc(-c4ccc(F)c(Cl)c4)c(F)s3)c(C3CC3)c2)c1O. The number of phenols is 1. The van der Waals surface area contributed by atoms with Crippen LogP contribution in [0.1, 0.15) is 29.9 Å². The summed E-state index contributed by atoms with van der Waals surface area (Å²) in [6.45, 7) is 0. The van der Waals surface area contributed by atoms with E-state index in [-0.39, 0.29) is 38.1 Å². The molecule has 0 bridgehead atoms. The Morgan fingerprint density at radius 1 is 1.24 bits per heavy atom. The minimum absolute atomic E-state index is 0.0144. The van der Waals surface area contributed by atoms with Crippen molar-refractivity contribution in [2.24, 2.45) is 4.99 Å². The van der Waals surface area contributed by atoms with Gasteiger partial charge in [-0.05, 0) is 60.7 Å². The molecule has 4 aromatic rings. The van der Waals surface area contributed by atoms with E-state index in [1.165, 1.54) is 31.7 Å². The maximum Gasteiger partial charge on any atom is 0.281 e. The molecule has 1 saturated carbocycles. The first-order valence-corrected chi connectivity index (χ1v) is 13.9. The van der Waals surface area contributed by atoms with Crippen LogP contribution in [0.3, 0.4) is 0 Å². The van der Waals surface area contributed by atoms with Crippen molar-refractivity contribution in [3.8, 4) is 22.8 Å². The first-order valence-electron chi connectivity index (χ1n) is 11.2. The van der Waals surface area contributed by atoms with E-state index in [4.69, 9.17) is 16.3 Å². The van der Waals surface area contributed by atoms with Gasteiger partial charge in [-0.2, -0.15) is 12.8 Å². The maximum atomic E-state index is 14.6. The van der Waals surface area contributed by atoms with Gasteiger partial charge in [-0.25, -0.2) is 14.4 Å².